The van der Waals surface area contributed by atoms with Gasteiger partial charge < -0.3 is 5.11 Å². The molecule has 1 saturated carbocycles. The monoisotopic (exact) mass is 214 g/mol. The Morgan fingerprint density at radius 2 is 2.12 bits per heavy atom. The minimum atomic E-state index is -0.830. The van der Waals surface area contributed by atoms with Crippen LogP contribution in [0.25, 0.3) is 5.57 Å². The second-order valence-electron chi connectivity index (χ2n) is 4.65. The summed E-state index contributed by atoms with van der Waals surface area (Å²) in [5, 5.41) is 9.01. The minimum absolute atomic E-state index is 0.409. The number of benzene rings is 1. The predicted molar refractivity (Wildman–Crippen MR) is 62.4 cm³/mol. The minimum Gasteiger partial charge on any atom is -0.478 e. The van der Waals surface area contributed by atoms with Crippen LogP contribution in [-0.2, 0) is 6.42 Å². The normalized spacial score (nSPS) is 18.9. The summed E-state index contributed by atoms with van der Waals surface area (Å²) in [6.45, 7) is 0. The van der Waals surface area contributed by atoms with Gasteiger partial charge in [-0.05, 0) is 60.4 Å². The van der Waals surface area contributed by atoms with E-state index >= 15 is 0 Å². The van der Waals surface area contributed by atoms with Crippen LogP contribution in [0.3, 0.4) is 0 Å². The summed E-state index contributed by atoms with van der Waals surface area (Å²) >= 11 is 0. The first-order valence-corrected chi connectivity index (χ1v) is 5.82. The standard InChI is InChI=1S/C14H14O2/c15-14(16)11-7-6-9-2-1-3-12(10-4-5-10)13(9)8-11/h3,6-8,10H,1-2,4-5H2,(H,15,16). The van der Waals surface area contributed by atoms with E-state index in [9.17, 15) is 4.79 Å². The number of allylic oxidation sites excluding steroid dienone is 2. The Hall–Kier alpha value is -1.57. The molecule has 2 heteroatoms. The first kappa shape index (κ1) is 9.64. The third kappa shape index (κ3) is 1.54. The highest BCUT2D eigenvalue weighted by atomic mass is 16.4. The van der Waals surface area contributed by atoms with E-state index in [0.717, 1.165) is 12.8 Å². The van der Waals surface area contributed by atoms with Crippen LogP contribution in [0.5, 0.6) is 0 Å². The predicted octanol–water partition coefficient (Wildman–Crippen LogP) is 3.12. The molecule has 1 fully saturated rings. The Labute approximate surface area is 94.6 Å². The third-order valence-electron chi connectivity index (χ3n) is 3.46. The molecule has 0 bridgehead atoms. The molecule has 0 atom stereocenters. The van der Waals surface area contributed by atoms with Crippen molar-refractivity contribution in [2.45, 2.75) is 25.7 Å². The van der Waals surface area contributed by atoms with Gasteiger partial charge in [0.15, 0.2) is 0 Å². The SMILES string of the molecule is O=C(O)c1ccc2c(c1)C(C1CC1)=CCC2. The molecule has 1 aromatic rings. The molecular formula is C14H14O2. The first-order chi connectivity index (χ1) is 7.75. The van der Waals surface area contributed by atoms with Crippen molar-refractivity contribution >= 4 is 11.5 Å². The molecule has 0 radical (unpaired) electrons. The number of fused-ring (bicyclic) bond motifs is 1. The van der Waals surface area contributed by atoms with E-state index in [1.165, 1.54) is 29.5 Å². The molecule has 0 heterocycles. The van der Waals surface area contributed by atoms with Gasteiger partial charge in [0.05, 0.1) is 5.56 Å². The lowest BCUT2D eigenvalue weighted by molar-refractivity contribution is 0.0697. The topological polar surface area (TPSA) is 37.3 Å². The Morgan fingerprint density at radius 3 is 2.81 bits per heavy atom. The summed E-state index contributed by atoms with van der Waals surface area (Å²) in [5.74, 6) is -0.133. The highest BCUT2D eigenvalue weighted by Crippen LogP contribution is 2.45. The van der Waals surface area contributed by atoms with E-state index in [-0.39, 0.29) is 0 Å². The maximum Gasteiger partial charge on any atom is 0.335 e. The fraction of sp³-hybridized carbons (Fsp3) is 0.357. The molecule has 0 saturated heterocycles. The van der Waals surface area contributed by atoms with Crippen molar-refractivity contribution in [3.8, 4) is 0 Å². The summed E-state index contributed by atoms with van der Waals surface area (Å²) in [7, 11) is 0. The van der Waals surface area contributed by atoms with Gasteiger partial charge in [-0.15, -0.1) is 0 Å². The number of carbonyl (C=O) groups is 1. The largest absolute Gasteiger partial charge is 0.478 e. The van der Waals surface area contributed by atoms with E-state index < -0.39 is 5.97 Å². The highest BCUT2D eigenvalue weighted by molar-refractivity contribution is 5.89. The van der Waals surface area contributed by atoms with Gasteiger partial charge in [0.2, 0.25) is 0 Å². The Bertz CT molecular complexity index is 482. The lowest BCUT2D eigenvalue weighted by Gasteiger charge is -2.18. The van der Waals surface area contributed by atoms with Crippen LogP contribution >= 0.6 is 0 Å². The highest BCUT2D eigenvalue weighted by Gasteiger charge is 2.29. The number of aryl methyl sites for hydroxylation is 1. The molecule has 0 amide bonds. The summed E-state index contributed by atoms with van der Waals surface area (Å²) in [6, 6.07) is 5.55. The summed E-state index contributed by atoms with van der Waals surface area (Å²) < 4.78 is 0. The van der Waals surface area contributed by atoms with Crippen LogP contribution < -0.4 is 0 Å². The van der Waals surface area contributed by atoms with E-state index in [1.807, 2.05) is 12.1 Å². The zero-order valence-corrected chi connectivity index (χ0v) is 9.07. The Kier molecular flexibility index (Phi) is 2.10. The molecule has 1 aromatic carbocycles. The molecule has 0 unspecified atom stereocenters. The van der Waals surface area contributed by atoms with Gasteiger partial charge in [0.1, 0.15) is 0 Å². The maximum absolute atomic E-state index is 11.0. The van der Waals surface area contributed by atoms with Crippen molar-refractivity contribution in [1.29, 1.82) is 0 Å². The molecule has 3 rings (SSSR count). The molecule has 2 aliphatic carbocycles. The average molecular weight is 214 g/mol. The fourth-order valence-electron chi connectivity index (χ4n) is 2.47. The van der Waals surface area contributed by atoms with E-state index in [1.54, 1.807) is 6.07 Å². The molecule has 0 spiro atoms. The van der Waals surface area contributed by atoms with E-state index in [2.05, 4.69) is 6.08 Å². The van der Waals surface area contributed by atoms with E-state index in [4.69, 9.17) is 5.11 Å². The van der Waals surface area contributed by atoms with Gasteiger partial charge in [0.25, 0.3) is 0 Å². The number of rotatable bonds is 2. The van der Waals surface area contributed by atoms with Crippen molar-refractivity contribution in [2.24, 2.45) is 5.92 Å². The Balaban J connectivity index is 2.08. The molecular weight excluding hydrogens is 200 g/mol. The molecule has 2 aliphatic rings. The van der Waals surface area contributed by atoms with Crippen LogP contribution in [0.2, 0.25) is 0 Å². The van der Waals surface area contributed by atoms with Gasteiger partial charge >= 0.3 is 5.97 Å². The van der Waals surface area contributed by atoms with Crippen molar-refractivity contribution in [2.75, 3.05) is 0 Å². The zero-order chi connectivity index (χ0) is 11.1. The quantitative estimate of drug-likeness (QED) is 0.821. The molecule has 0 aromatic heterocycles. The van der Waals surface area contributed by atoms with Gasteiger partial charge in [-0.25, -0.2) is 4.79 Å². The molecule has 0 aliphatic heterocycles. The smallest absolute Gasteiger partial charge is 0.335 e. The van der Waals surface area contributed by atoms with Crippen molar-refractivity contribution < 1.29 is 9.90 Å². The molecule has 16 heavy (non-hydrogen) atoms. The number of hydrogen-bond acceptors (Lipinski definition) is 1. The average Bonchev–Trinajstić information content (AvgIpc) is 3.11. The summed E-state index contributed by atoms with van der Waals surface area (Å²) in [6.07, 6.45) is 6.98. The molecule has 1 N–H and O–H groups in total. The lowest BCUT2D eigenvalue weighted by Crippen LogP contribution is -2.04. The van der Waals surface area contributed by atoms with Crippen LogP contribution in [-0.4, -0.2) is 11.1 Å². The fourth-order valence-corrected chi connectivity index (χ4v) is 2.47. The van der Waals surface area contributed by atoms with Gasteiger partial charge in [0, 0.05) is 0 Å². The summed E-state index contributed by atoms with van der Waals surface area (Å²) in [4.78, 5) is 11.0. The van der Waals surface area contributed by atoms with Crippen LogP contribution in [0.4, 0.5) is 0 Å². The second-order valence-corrected chi connectivity index (χ2v) is 4.65. The number of hydrogen-bond donors (Lipinski definition) is 1. The summed E-state index contributed by atoms with van der Waals surface area (Å²) in [5.41, 5.74) is 4.31. The molecule has 2 nitrogen and oxygen atoms in total. The van der Waals surface area contributed by atoms with Crippen LogP contribution in [0, 0.1) is 5.92 Å². The van der Waals surface area contributed by atoms with Crippen LogP contribution in [0.15, 0.2) is 24.3 Å². The lowest BCUT2D eigenvalue weighted by atomic mass is 9.87. The molecule has 82 valence electrons. The van der Waals surface area contributed by atoms with Gasteiger partial charge in [-0.3, -0.25) is 0 Å². The van der Waals surface area contributed by atoms with E-state index in [0.29, 0.717) is 11.5 Å². The number of carboxylic acids is 1. The van der Waals surface area contributed by atoms with Gasteiger partial charge in [-0.1, -0.05) is 12.1 Å². The third-order valence-corrected chi connectivity index (χ3v) is 3.46. The van der Waals surface area contributed by atoms with Gasteiger partial charge in [-0.2, -0.15) is 0 Å². The van der Waals surface area contributed by atoms with Crippen molar-refractivity contribution in [1.82, 2.24) is 0 Å². The van der Waals surface area contributed by atoms with Crippen molar-refractivity contribution in [3.63, 3.8) is 0 Å². The first-order valence-electron chi connectivity index (χ1n) is 5.82. The Morgan fingerprint density at radius 1 is 1.31 bits per heavy atom. The maximum atomic E-state index is 11.0. The number of aromatic carboxylic acids is 1. The zero-order valence-electron chi connectivity index (χ0n) is 9.07. The van der Waals surface area contributed by atoms with Crippen molar-refractivity contribution in [3.05, 3.63) is 41.0 Å². The van der Waals surface area contributed by atoms with Crippen LogP contribution in [0.1, 0.15) is 40.7 Å². The number of carboxylic acid groups (broad SMARTS) is 1. The second kappa shape index (κ2) is 3.48.